The first-order valence-electron chi connectivity index (χ1n) is 20.7. The van der Waals surface area contributed by atoms with Gasteiger partial charge in [-0.25, -0.2) is 0 Å². The molecule has 0 aliphatic heterocycles. The fraction of sp³-hybridized carbons (Fsp3) is 0.185. The fourth-order valence-corrected chi connectivity index (χ4v) is 29.3. The number of hydrogen-bond donors (Lipinski definition) is 0. The van der Waals surface area contributed by atoms with Crippen molar-refractivity contribution in [2.75, 3.05) is 0 Å². The number of hydrogen-bond acceptors (Lipinski definition) is 2. The summed E-state index contributed by atoms with van der Waals surface area (Å²) in [4.78, 5) is 0. The summed E-state index contributed by atoms with van der Waals surface area (Å²) in [6.07, 6.45) is 5.04. The molecule has 0 bridgehead atoms. The number of benzene rings is 6. The van der Waals surface area contributed by atoms with Gasteiger partial charge in [-0.3, -0.25) is 0 Å². The van der Waals surface area contributed by atoms with Crippen molar-refractivity contribution in [1.29, 1.82) is 0 Å². The largest absolute Gasteiger partial charge is 0.147 e. The van der Waals surface area contributed by atoms with E-state index in [1.54, 1.807) is 0 Å². The van der Waals surface area contributed by atoms with Crippen LogP contribution in [-0.4, -0.2) is 6.88 Å². The quantitative estimate of drug-likeness (QED) is 0.155. The maximum absolute atomic E-state index is 6.68. The summed E-state index contributed by atoms with van der Waals surface area (Å²) in [6.45, 7) is 15.8. The molecule has 2 aliphatic rings. The van der Waals surface area contributed by atoms with Gasteiger partial charge in [0.25, 0.3) is 0 Å². The minimum Gasteiger partial charge on any atom is -0.147 e. The van der Waals surface area contributed by atoms with E-state index in [4.69, 9.17) is 8.83 Å². The van der Waals surface area contributed by atoms with Gasteiger partial charge in [0.2, 0.25) is 0 Å². The second-order valence-electron chi connectivity index (χ2n) is 18.3. The Morgan fingerprint density at radius 1 is 0.483 bits per heavy atom. The van der Waals surface area contributed by atoms with Crippen molar-refractivity contribution in [2.45, 2.75) is 58.1 Å². The molecule has 2 unspecified atom stereocenters. The minimum absolute atomic E-state index is 0. The number of halogens is 2. The van der Waals surface area contributed by atoms with Crippen molar-refractivity contribution >= 4 is 76.5 Å². The van der Waals surface area contributed by atoms with Crippen LogP contribution in [0.1, 0.15) is 74.8 Å². The van der Waals surface area contributed by atoms with E-state index in [2.05, 4.69) is 191 Å². The molecule has 0 saturated heterocycles. The third-order valence-corrected chi connectivity index (χ3v) is 31.0. The zero-order valence-electron chi connectivity index (χ0n) is 35.7. The van der Waals surface area contributed by atoms with E-state index in [9.17, 15) is 0 Å². The summed E-state index contributed by atoms with van der Waals surface area (Å²) in [5.74, 6) is 3.86. The van der Waals surface area contributed by atoms with Crippen LogP contribution in [0.25, 0.3) is 67.1 Å². The Morgan fingerprint density at radius 2 is 0.867 bits per heavy atom. The first-order valence-corrected chi connectivity index (χ1v) is 34.4. The Hall–Kier alpha value is -4.44. The van der Waals surface area contributed by atoms with Crippen LogP contribution in [0.2, 0.25) is 9.26 Å². The molecule has 10 rings (SSSR count). The van der Waals surface area contributed by atoms with Gasteiger partial charge < -0.3 is 0 Å². The second kappa shape index (κ2) is 15.2. The zero-order valence-corrected chi connectivity index (χ0v) is 41.2. The first kappa shape index (κ1) is 42.3. The molecule has 2 aromatic heterocycles. The molecule has 60 heavy (non-hydrogen) atoms. The minimum atomic E-state index is -4.32. The van der Waals surface area contributed by atoms with Crippen molar-refractivity contribution in [2.24, 2.45) is 0 Å². The SMILES string of the molecule is Cc1ccc(C2=Cc3c(cc(C)c(C)c3-c3cccc4ccccc34)[CH]2[Zr]([CH3])([CH3])(=[SiH2])[CH]2C(c3ccc(C)o3)=Cc3c2cc(C)c(C)c3-c2cccc3ccccc23)o1.Cl.Cl. The van der Waals surface area contributed by atoms with Crippen LogP contribution in [0.15, 0.2) is 130 Å². The molecular formula is C54H52Cl2O2SiZr. The fourth-order valence-electron chi connectivity index (χ4n) is 10.9. The van der Waals surface area contributed by atoms with Crippen LogP contribution in [-0.2, 0) is 17.4 Å². The van der Waals surface area contributed by atoms with Crippen molar-refractivity contribution in [1.82, 2.24) is 0 Å². The van der Waals surface area contributed by atoms with E-state index < -0.39 is 17.4 Å². The summed E-state index contributed by atoms with van der Waals surface area (Å²) in [7, 11) is 0. The van der Waals surface area contributed by atoms with E-state index >= 15 is 0 Å². The number of furan rings is 2. The van der Waals surface area contributed by atoms with Crippen molar-refractivity contribution in [3.8, 4) is 22.3 Å². The molecule has 0 saturated carbocycles. The predicted octanol–water partition coefficient (Wildman–Crippen LogP) is 15.4. The standard InChI is InChI=1S/2C26H21O.2CH3.2ClH.H2Si.Zr/c2*1-16-13-20-14-21(25-12-11-17(2)27-25)15-24(20)26(18(16)3)23-10-6-8-19-7-4-5-9-22(19)23;;;;;;/h2*4-15H,1-3H3;2*1H3;2*1H;1H2;. The van der Waals surface area contributed by atoms with E-state index in [1.807, 2.05) is 0 Å². The Labute approximate surface area is 369 Å². The van der Waals surface area contributed by atoms with Gasteiger partial charge in [-0.15, -0.1) is 24.8 Å². The maximum Gasteiger partial charge on any atom is -0.147 e. The van der Waals surface area contributed by atoms with E-state index in [1.165, 1.54) is 99.5 Å². The van der Waals surface area contributed by atoms with Gasteiger partial charge >= 0.3 is 347 Å². The monoisotopic (exact) mass is 920 g/mol. The van der Waals surface area contributed by atoms with Gasteiger partial charge in [0, 0.05) is 0 Å². The van der Waals surface area contributed by atoms with E-state index in [0.29, 0.717) is 0 Å². The Morgan fingerprint density at radius 3 is 1.25 bits per heavy atom. The summed E-state index contributed by atoms with van der Waals surface area (Å²) < 4.78 is 19.2. The molecular weight excluding hydrogens is 871 g/mol. The van der Waals surface area contributed by atoms with Crippen LogP contribution in [0, 0.1) is 41.5 Å². The third-order valence-electron chi connectivity index (χ3n) is 13.7. The Balaban J connectivity index is 0.00000249. The van der Waals surface area contributed by atoms with Gasteiger partial charge in [0.05, 0.1) is 0 Å². The van der Waals surface area contributed by atoms with Crippen molar-refractivity contribution in [3.05, 3.63) is 189 Å². The van der Waals surface area contributed by atoms with Gasteiger partial charge in [-0.2, -0.15) is 0 Å². The molecule has 6 aromatic carbocycles. The predicted molar refractivity (Wildman–Crippen MR) is 261 cm³/mol. The molecule has 0 N–H and O–H groups in total. The number of aryl methyl sites for hydroxylation is 4. The smallest absolute Gasteiger partial charge is 0.147 e. The molecule has 0 spiro atoms. The maximum atomic E-state index is 6.68. The molecule has 2 aliphatic carbocycles. The van der Waals surface area contributed by atoms with Gasteiger partial charge in [-0.05, 0) is 0 Å². The van der Waals surface area contributed by atoms with E-state index in [-0.39, 0.29) is 32.1 Å². The van der Waals surface area contributed by atoms with Crippen LogP contribution in [0.5, 0.6) is 0 Å². The van der Waals surface area contributed by atoms with Crippen LogP contribution < -0.4 is 0 Å². The molecule has 8 aromatic rings. The average Bonchev–Trinajstić information content (AvgIpc) is 4.01. The van der Waals surface area contributed by atoms with Crippen LogP contribution in [0.3, 0.4) is 0 Å². The van der Waals surface area contributed by atoms with Gasteiger partial charge in [0.15, 0.2) is 0 Å². The third kappa shape index (κ3) is 6.44. The first-order chi connectivity index (χ1) is 27.8. The van der Waals surface area contributed by atoms with Crippen LogP contribution in [0.4, 0.5) is 0 Å². The molecule has 0 radical (unpaired) electrons. The molecule has 302 valence electrons. The Bertz CT molecular complexity index is 2970. The topological polar surface area (TPSA) is 26.3 Å². The summed E-state index contributed by atoms with van der Waals surface area (Å²) in [6, 6.07) is 45.0. The Kier molecular flexibility index (Phi) is 10.7. The summed E-state index contributed by atoms with van der Waals surface area (Å²) in [5.41, 5.74) is 18.9. The second-order valence-corrected chi connectivity index (χ2v) is 48.7. The number of rotatable bonds is 6. The van der Waals surface area contributed by atoms with Gasteiger partial charge in [0.1, 0.15) is 0 Å². The molecule has 2 atom stereocenters. The normalized spacial score (nSPS) is 15.9. The van der Waals surface area contributed by atoms with E-state index in [0.717, 1.165) is 23.0 Å². The van der Waals surface area contributed by atoms with Crippen LogP contribution >= 0.6 is 24.8 Å². The molecule has 2 heterocycles. The summed E-state index contributed by atoms with van der Waals surface area (Å²) in [5, 5.41) is 5.11. The molecule has 2 nitrogen and oxygen atoms in total. The number of fused-ring (bicyclic) bond motifs is 4. The van der Waals surface area contributed by atoms with Crippen molar-refractivity contribution < 1.29 is 26.2 Å². The average molecular weight is 923 g/mol. The van der Waals surface area contributed by atoms with Gasteiger partial charge in [-0.1, -0.05) is 0 Å². The molecule has 0 fully saturated rings. The summed E-state index contributed by atoms with van der Waals surface area (Å²) >= 11 is -4.32. The molecule has 6 heteroatoms. The number of allylic oxidation sites excluding steroid dienone is 2. The van der Waals surface area contributed by atoms with Crippen molar-refractivity contribution in [3.63, 3.8) is 0 Å². The molecule has 0 amide bonds. The zero-order chi connectivity index (χ0) is 40.3.